The molecule has 0 N–H and O–H groups in total. The van der Waals surface area contributed by atoms with Crippen molar-refractivity contribution in [2.45, 2.75) is 44.4 Å². The standard InChI is InChI=1S/C22H22FNO5/c1-4-12-21(28-19(27)16-9-7-6-8-10-16)15(3)22(23,5-2)29-20(21)24-13-11-17(25)14-18(24)26/h6-13,15,20H,1,5,14H2,2-3H3/t15-,20+,21+,22+/m0/s1. The zero-order valence-electron chi connectivity index (χ0n) is 16.3. The molecule has 0 aromatic heterocycles. The van der Waals surface area contributed by atoms with E-state index in [9.17, 15) is 14.4 Å². The average molecular weight is 399 g/mol. The molecule has 0 spiro atoms. The fourth-order valence-corrected chi connectivity index (χ4v) is 3.67. The summed E-state index contributed by atoms with van der Waals surface area (Å²) in [5.74, 6) is -4.81. The fraction of sp³-hybridized carbons (Fsp3) is 0.364. The molecule has 0 bridgehead atoms. The number of esters is 1. The van der Waals surface area contributed by atoms with Crippen LogP contribution in [0.15, 0.2) is 61.0 Å². The summed E-state index contributed by atoms with van der Waals surface area (Å²) in [4.78, 5) is 38.0. The molecule has 4 atom stereocenters. The number of hydrogen-bond donors (Lipinski definition) is 0. The van der Waals surface area contributed by atoms with E-state index in [1.165, 1.54) is 18.4 Å². The van der Waals surface area contributed by atoms with Crippen LogP contribution in [-0.2, 0) is 19.1 Å². The van der Waals surface area contributed by atoms with Crippen LogP contribution in [0.5, 0.6) is 0 Å². The van der Waals surface area contributed by atoms with E-state index in [1.54, 1.807) is 44.2 Å². The smallest absolute Gasteiger partial charge is 0.339 e. The molecule has 0 unspecified atom stereocenters. The van der Waals surface area contributed by atoms with Crippen molar-refractivity contribution in [2.24, 2.45) is 5.92 Å². The first kappa shape index (κ1) is 20.7. The van der Waals surface area contributed by atoms with Crippen molar-refractivity contribution in [1.82, 2.24) is 4.90 Å². The molecule has 1 saturated heterocycles. The highest BCUT2D eigenvalue weighted by atomic mass is 19.2. The Bertz CT molecular complexity index is 907. The second-order valence-corrected chi connectivity index (χ2v) is 7.05. The number of carbonyl (C=O) groups excluding carboxylic acids is 3. The second kappa shape index (κ2) is 7.78. The van der Waals surface area contributed by atoms with Gasteiger partial charge in [-0.15, -0.1) is 5.73 Å². The lowest BCUT2D eigenvalue weighted by Gasteiger charge is -2.38. The Morgan fingerprint density at radius 3 is 2.69 bits per heavy atom. The Morgan fingerprint density at radius 1 is 1.41 bits per heavy atom. The lowest BCUT2D eigenvalue weighted by molar-refractivity contribution is -0.190. The SMILES string of the molecule is C=C=C[C@]1(OC(=O)c2ccccc2)[C@H](N2C=CC(=O)CC2=O)O[C@](F)(CC)[C@H]1C. The Balaban J connectivity index is 2.09. The molecule has 1 amide bonds. The summed E-state index contributed by atoms with van der Waals surface area (Å²) < 4.78 is 27.1. The van der Waals surface area contributed by atoms with Crippen LogP contribution >= 0.6 is 0 Å². The Hall–Kier alpha value is -3.02. The summed E-state index contributed by atoms with van der Waals surface area (Å²) in [5.41, 5.74) is 1.13. The lowest BCUT2D eigenvalue weighted by atomic mass is 9.83. The van der Waals surface area contributed by atoms with Gasteiger partial charge in [-0.05, 0) is 18.2 Å². The van der Waals surface area contributed by atoms with Crippen molar-refractivity contribution >= 4 is 17.7 Å². The molecule has 0 radical (unpaired) electrons. The Morgan fingerprint density at radius 2 is 2.10 bits per heavy atom. The van der Waals surface area contributed by atoms with Gasteiger partial charge in [-0.2, -0.15) is 0 Å². The molecule has 152 valence electrons. The van der Waals surface area contributed by atoms with Crippen molar-refractivity contribution in [3.63, 3.8) is 0 Å². The molecular formula is C22H22FNO5. The third-order valence-electron chi connectivity index (χ3n) is 5.39. The van der Waals surface area contributed by atoms with Crippen molar-refractivity contribution in [3.8, 4) is 0 Å². The van der Waals surface area contributed by atoms with Gasteiger partial charge in [-0.1, -0.05) is 38.6 Å². The van der Waals surface area contributed by atoms with Gasteiger partial charge in [0.2, 0.25) is 11.8 Å². The lowest BCUT2D eigenvalue weighted by Crippen LogP contribution is -2.55. The minimum atomic E-state index is -2.18. The molecular weight excluding hydrogens is 377 g/mol. The first-order chi connectivity index (χ1) is 13.8. The summed E-state index contributed by atoms with van der Waals surface area (Å²) in [6.07, 6.45) is 2.02. The van der Waals surface area contributed by atoms with Gasteiger partial charge >= 0.3 is 5.97 Å². The largest absolute Gasteiger partial charge is 0.445 e. The third kappa shape index (κ3) is 3.55. The van der Waals surface area contributed by atoms with Crippen LogP contribution in [0.3, 0.4) is 0 Å². The number of ketones is 1. The topological polar surface area (TPSA) is 72.9 Å². The van der Waals surface area contributed by atoms with E-state index >= 15 is 4.39 Å². The Labute approximate surface area is 168 Å². The van der Waals surface area contributed by atoms with Gasteiger partial charge < -0.3 is 9.47 Å². The molecule has 2 heterocycles. The maximum absolute atomic E-state index is 15.6. The number of allylic oxidation sites excluding steroid dienone is 1. The zero-order valence-corrected chi connectivity index (χ0v) is 16.3. The average Bonchev–Trinajstić information content (AvgIpc) is 2.92. The molecule has 7 heteroatoms. The predicted molar refractivity (Wildman–Crippen MR) is 102 cm³/mol. The summed E-state index contributed by atoms with van der Waals surface area (Å²) in [5, 5.41) is 0. The fourth-order valence-electron chi connectivity index (χ4n) is 3.67. The number of ether oxygens (including phenoxy) is 2. The van der Waals surface area contributed by atoms with E-state index < -0.39 is 35.5 Å². The molecule has 2 aliphatic heterocycles. The second-order valence-electron chi connectivity index (χ2n) is 7.05. The third-order valence-corrected chi connectivity index (χ3v) is 5.39. The molecule has 6 nitrogen and oxygen atoms in total. The highest BCUT2D eigenvalue weighted by Crippen LogP contribution is 2.50. The van der Waals surface area contributed by atoms with E-state index in [-0.39, 0.29) is 24.2 Å². The van der Waals surface area contributed by atoms with Gasteiger partial charge in [-0.3, -0.25) is 14.5 Å². The van der Waals surface area contributed by atoms with Gasteiger partial charge in [-0.25, -0.2) is 9.18 Å². The van der Waals surface area contributed by atoms with E-state index in [1.807, 2.05) is 0 Å². The molecule has 0 saturated carbocycles. The van der Waals surface area contributed by atoms with Crippen molar-refractivity contribution in [3.05, 3.63) is 66.6 Å². The summed E-state index contributed by atoms with van der Waals surface area (Å²) >= 11 is 0. The minimum Gasteiger partial charge on any atom is -0.445 e. The number of hydrogen-bond acceptors (Lipinski definition) is 5. The van der Waals surface area contributed by atoms with Crippen LogP contribution in [0.1, 0.15) is 37.0 Å². The summed E-state index contributed by atoms with van der Waals surface area (Å²) in [6, 6.07) is 8.23. The maximum atomic E-state index is 15.6. The molecule has 1 aromatic carbocycles. The van der Waals surface area contributed by atoms with Crippen molar-refractivity contribution in [2.75, 3.05) is 0 Å². The van der Waals surface area contributed by atoms with Gasteiger partial charge in [0.15, 0.2) is 17.6 Å². The number of nitrogens with zero attached hydrogens (tertiary/aromatic N) is 1. The maximum Gasteiger partial charge on any atom is 0.339 e. The Kier molecular flexibility index (Phi) is 5.55. The molecule has 1 fully saturated rings. The number of alkyl halides is 1. The number of benzene rings is 1. The predicted octanol–water partition coefficient (Wildman–Crippen LogP) is 3.31. The molecule has 2 aliphatic rings. The first-order valence-corrected chi connectivity index (χ1v) is 9.31. The zero-order chi connectivity index (χ0) is 21.2. The highest BCUT2D eigenvalue weighted by Gasteiger charge is 2.66. The molecule has 0 aliphatic carbocycles. The quantitative estimate of drug-likeness (QED) is 0.432. The van der Waals surface area contributed by atoms with Crippen LogP contribution in [0.25, 0.3) is 0 Å². The number of carbonyl (C=O) groups is 3. The van der Waals surface area contributed by atoms with Gasteiger partial charge in [0.25, 0.3) is 0 Å². The van der Waals surface area contributed by atoms with Crippen LogP contribution in [-0.4, -0.2) is 40.2 Å². The number of amides is 1. The number of rotatable bonds is 5. The molecule has 3 rings (SSSR count). The van der Waals surface area contributed by atoms with E-state index in [0.29, 0.717) is 0 Å². The monoisotopic (exact) mass is 399 g/mol. The van der Waals surface area contributed by atoms with Crippen LogP contribution in [0, 0.1) is 5.92 Å². The molecule has 29 heavy (non-hydrogen) atoms. The van der Waals surface area contributed by atoms with Crippen LogP contribution in [0.2, 0.25) is 0 Å². The van der Waals surface area contributed by atoms with Gasteiger partial charge in [0.05, 0.1) is 17.9 Å². The minimum absolute atomic E-state index is 0.0367. The van der Waals surface area contributed by atoms with Gasteiger partial charge in [0.1, 0.15) is 0 Å². The van der Waals surface area contributed by atoms with Crippen molar-refractivity contribution < 1.29 is 28.2 Å². The summed E-state index contributed by atoms with van der Waals surface area (Å²) in [7, 11) is 0. The van der Waals surface area contributed by atoms with E-state index in [0.717, 1.165) is 4.90 Å². The molecule has 1 aromatic rings. The highest BCUT2D eigenvalue weighted by molar-refractivity contribution is 6.06. The van der Waals surface area contributed by atoms with Crippen LogP contribution in [0.4, 0.5) is 4.39 Å². The first-order valence-electron chi connectivity index (χ1n) is 9.31. The van der Waals surface area contributed by atoms with E-state index in [4.69, 9.17) is 9.47 Å². The van der Waals surface area contributed by atoms with E-state index in [2.05, 4.69) is 12.3 Å². The summed E-state index contributed by atoms with van der Waals surface area (Å²) in [6.45, 7) is 6.68. The van der Waals surface area contributed by atoms with Crippen molar-refractivity contribution in [1.29, 1.82) is 0 Å². The normalized spacial score (nSPS) is 31.5. The van der Waals surface area contributed by atoms with Crippen LogP contribution < -0.4 is 0 Å². The number of halogens is 1. The van der Waals surface area contributed by atoms with Gasteiger partial charge in [0, 0.05) is 18.7 Å².